The maximum absolute atomic E-state index is 4.68. The Bertz CT molecular complexity index is 1850. The van der Waals surface area contributed by atoms with Crippen LogP contribution >= 0.6 is 15.9 Å². The van der Waals surface area contributed by atoms with E-state index in [2.05, 4.69) is 102 Å². The molecule has 5 heteroatoms. The summed E-state index contributed by atoms with van der Waals surface area (Å²) in [5.74, 6) is 0. The molecule has 0 amide bonds. The summed E-state index contributed by atoms with van der Waals surface area (Å²) in [5.41, 5.74) is 10.5. The first-order valence-electron chi connectivity index (χ1n) is 12.4. The Kier molecular flexibility index (Phi) is 5.56. The quantitative estimate of drug-likeness (QED) is 0.219. The summed E-state index contributed by atoms with van der Waals surface area (Å²) in [5, 5.41) is 1.14. The van der Waals surface area contributed by atoms with E-state index >= 15 is 0 Å². The number of hydrogen-bond acceptors (Lipinski definition) is 3. The predicted octanol–water partition coefficient (Wildman–Crippen LogP) is 8.73. The molecule has 4 nitrogen and oxygen atoms in total. The molecule has 0 spiro atoms. The molecule has 0 radical (unpaired) electrons. The van der Waals surface area contributed by atoms with Crippen LogP contribution in [0.1, 0.15) is 0 Å². The van der Waals surface area contributed by atoms with Gasteiger partial charge in [0.05, 0.1) is 27.9 Å². The summed E-state index contributed by atoms with van der Waals surface area (Å²) < 4.78 is 3.31. The maximum Gasteiger partial charge on any atom is 0.0963 e. The van der Waals surface area contributed by atoms with Gasteiger partial charge in [-0.15, -0.1) is 0 Å². The lowest BCUT2D eigenvalue weighted by Gasteiger charge is -2.12. The SMILES string of the molecule is Brc1ccc2c3ncccc3n(-c3ccc(-c4cc(-c5ccccn5)cc(-c5ccccn5)c4)cc3)c2c1. The van der Waals surface area contributed by atoms with E-state index in [1.807, 2.05) is 61.1 Å². The topological polar surface area (TPSA) is 43.6 Å². The van der Waals surface area contributed by atoms with Crippen LogP contribution in [0.15, 0.2) is 132 Å². The van der Waals surface area contributed by atoms with E-state index in [4.69, 9.17) is 0 Å². The molecule has 0 fully saturated rings. The molecule has 3 aromatic carbocycles. The Morgan fingerprint density at radius 1 is 0.500 bits per heavy atom. The van der Waals surface area contributed by atoms with Crippen molar-refractivity contribution in [3.63, 3.8) is 0 Å². The predicted molar refractivity (Wildman–Crippen MR) is 158 cm³/mol. The first-order valence-corrected chi connectivity index (χ1v) is 13.2. The second kappa shape index (κ2) is 9.36. The van der Waals surface area contributed by atoms with Crippen molar-refractivity contribution in [2.45, 2.75) is 0 Å². The van der Waals surface area contributed by atoms with Gasteiger partial charge in [0.25, 0.3) is 0 Å². The summed E-state index contributed by atoms with van der Waals surface area (Å²) in [4.78, 5) is 13.9. The fourth-order valence-electron chi connectivity index (χ4n) is 5.04. The minimum absolute atomic E-state index is 0.937. The molecule has 0 saturated heterocycles. The van der Waals surface area contributed by atoms with Crippen molar-refractivity contribution >= 4 is 37.9 Å². The minimum Gasteiger partial charge on any atom is -0.308 e. The van der Waals surface area contributed by atoms with Crippen molar-refractivity contribution in [2.75, 3.05) is 0 Å². The number of halogens is 1. The van der Waals surface area contributed by atoms with Crippen LogP contribution in [0.4, 0.5) is 0 Å². The van der Waals surface area contributed by atoms with Crippen LogP contribution in [-0.4, -0.2) is 19.5 Å². The molecular weight excluding hydrogens is 532 g/mol. The van der Waals surface area contributed by atoms with E-state index in [1.54, 1.807) is 0 Å². The number of nitrogens with zero attached hydrogens (tertiary/aromatic N) is 4. The molecule has 0 saturated carbocycles. The van der Waals surface area contributed by atoms with E-state index in [-0.39, 0.29) is 0 Å². The summed E-state index contributed by atoms with van der Waals surface area (Å²) in [6.07, 6.45) is 5.51. The minimum atomic E-state index is 0.937. The highest BCUT2D eigenvalue weighted by Gasteiger charge is 2.14. The highest BCUT2D eigenvalue weighted by Crippen LogP contribution is 2.35. The first-order chi connectivity index (χ1) is 18.7. The monoisotopic (exact) mass is 552 g/mol. The smallest absolute Gasteiger partial charge is 0.0963 e. The number of aromatic nitrogens is 4. The van der Waals surface area contributed by atoms with Crippen LogP contribution in [0, 0.1) is 0 Å². The van der Waals surface area contributed by atoms with Gasteiger partial charge in [0, 0.05) is 45.3 Å². The van der Waals surface area contributed by atoms with Crippen LogP contribution in [-0.2, 0) is 0 Å². The van der Waals surface area contributed by atoms with Gasteiger partial charge in [0.2, 0.25) is 0 Å². The van der Waals surface area contributed by atoms with Crippen molar-refractivity contribution in [2.24, 2.45) is 0 Å². The number of benzene rings is 3. The molecule has 0 aliphatic carbocycles. The Hall–Kier alpha value is -4.61. The molecule has 7 rings (SSSR count). The number of rotatable bonds is 4. The van der Waals surface area contributed by atoms with Gasteiger partial charge in [-0.3, -0.25) is 15.0 Å². The molecular formula is C33H21BrN4. The molecule has 0 aliphatic rings. The Morgan fingerprint density at radius 2 is 1.16 bits per heavy atom. The van der Waals surface area contributed by atoms with E-state index in [0.717, 1.165) is 65.7 Å². The molecule has 0 N–H and O–H groups in total. The highest BCUT2D eigenvalue weighted by molar-refractivity contribution is 9.10. The largest absolute Gasteiger partial charge is 0.308 e. The average Bonchev–Trinajstić information content (AvgIpc) is 3.31. The Morgan fingerprint density at radius 3 is 1.82 bits per heavy atom. The lowest BCUT2D eigenvalue weighted by Crippen LogP contribution is -1.94. The van der Waals surface area contributed by atoms with Gasteiger partial charge in [0.15, 0.2) is 0 Å². The van der Waals surface area contributed by atoms with E-state index < -0.39 is 0 Å². The summed E-state index contributed by atoms with van der Waals surface area (Å²) in [6.45, 7) is 0. The zero-order valence-corrected chi connectivity index (χ0v) is 21.9. The fraction of sp³-hybridized carbons (Fsp3) is 0. The normalized spacial score (nSPS) is 11.3. The van der Waals surface area contributed by atoms with Crippen molar-refractivity contribution in [3.05, 3.63) is 132 Å². The third-order valence-corrected chi connectivity index (χ3v) is 7.29. The molecule has 7 aromatic rings. The standard InChI is InChI=1S/C33H21BrN4/c34-26-11-14-28-32(21-26)38(31-8-5-17-37-33(28)31)27-12-9-22(10-13-27)23-18-24(29-6-1-3-15-35-29)20-25(19-23)30-7-2-4-16-36-30/h1-21H. The third kappa shape index (κ3) is 3.98. The molecule has 180 valence electrons. The Balaban J connectivity index is 1.37. The van der Waals surface area contributed by atoms with Gasteiger partial charge in [-0.25, -0.2) is 0 Å². The molecule has 0 bridgehead atoms. The van der Waals surface area contributed by atoms with Gasteiger partial charge < -0.3 is 4.57 Å². The maximum atomic E-state index is 4.68. The van der Waals surface area contributed by atoms with Crippen molar-refractivity contribution in [1.29, 1.82) is 0 Å². The second-order valence-corrected chi connectivity index (χ2v) is 10.1. The first kappa shape index (κ1) is 22.6. The van der Waals surface area contributed by atoms with Crippen molar-refractivity contribution in [3.8, 4) is 39.3 Å². The second-order valence-electron chi connectivity index (χ2n) is 9.14. The van der Waals surface area contributed by atoms with Crippen LogP contribution < -0.4 is 0 Å². The summed E-state index contributed by atoms with van der Waals surface area (Å²) in [7, 11) is 0. The summed E-state index contributed by atoms with van der Waals surface area (Å²) in [6, 6.07) is 37.7. The van der Waals surface area contributed by atoms with Crippen LogP contribution in [0.25, 0.3) is 61.3 Å². The zero-order valence-electron chi connectivity index (χ0n) is 20.3. The molecule has 4 heterocycles. The van der Waals surface area contributed by atoms with Crippen molar-refractivity contribution in [1.82, 2.24) is 19.5 Å². The van der Waals surface area contributed by atoms with Crippen LogP contribution in [0.3, 0.4) is 0 Å². The van der Waals surface area contributed by atoms with E-state index in [9.17, 15) is 0 Å². The third-order valence-electron chi connectivity index (χ3n) is 6.80. The van der Waals surface area contributed by atoms with Gasteiger partial charge in [0.1, 0.15) is 0 Å². The molecule has 38 heavy (non-hydrogen) atoms. The lowest BCUT2D eigenvalue weighted by molar-refractivity contribution is 1.17. The zero-order chi connectivity index (χ0) is 25.5. The number of pyridine rings is 3. The Labute approximate surface area is 228 Å². The summed E-state index contributed by atoms with van der Waals surface area (Å²) >= 11 is 3.65. The fourth-order valence-corrected chi connectivity index (χ4v) is 5.39. The van der Waals surface area contributed by atoms with Gasteiger partial charge in [-0.05, 0) is 96.1 Å². The number of fused-ring (bicyclic) bond motifs is 3. The molecule has 0 aliphatic heterocycles. The molecule has 4 aromatic heterocycles. The van der Waals surface area contributed by atoms with Gasteiger partial charge >= 0.3 is 0 Å². The molecule has 0 unspecified atom stereocenters. The van der Waals surface area contributed by atoms with Crippen LogP contribution in [0.5, 0.6) is 0 Å². The van der Waals surface area contributed by atoms with Gasteiger partial charge in [-0.1, -0.05) is 40.2 Å². The van der Waals surface area contributed by atoms with E-state index in [0.29, 0.717) is 0 Å². The van der Waals surface area contributed by atoms with Gasteiger partial charge in [-0.2, -0.15) is 0 Å². The lowest BCUT2D eigenvalue weighted by atomic mass is 9.96. The van der Waals surface area contributed by atoms with Crippen LogP contribution in [0.2, 0.25) is 0 Å². The number of hydrogen-bond donors (Lipinski definition) is 0. The molecule has 0 atom stereocenters. The average molecular weight is 553 g/mol. The van der Waals surface area contributed by atoms with E-state index in [1.165, 1.54) is 0 Å². The van der Waals surface area contributed by atoms with Crippen molar-refractivity contribution < 1.29 is 0 Å². The highest BCUT2D eigenvalue weighted by atomic mass is 79.9.